The second-order valence-electron chi connectivity index (χ2n) is 5.19. The number of pyridine rings is 1. The fraction of sp³-hybridized carbons (Fsp3) is 0.429. The predicted molar refractivity (Wildman–Crippen MR) is 78.4 cm³/mol. The number of carbonyl (C=O) groups is 1. The van der Waals surface area contributed by atoms with E-state index in [1.165, 1.54) is 11.8 Å². The van der Waals surface area contributed by atoms with Gasteiger partial charge in [0.05, 0.1) is 12.3 Å². The number of carboxylic acids is 1. The molecule has 110 valence electrons. The number of thioether (sulfide) groups is 1. The summed E-state index contributed by atoms with van der Waals surface area (Å²) in [5.41, 5.74) is 2.05. The van der Waals surface area contributed by atoms with Crippen molar-refractivity contribution in [2.75, 3.05) is 5.75 Å². The van der Waals surface area contributed by atoms with Crippen molar-refractivity contribution >= 4 is 17.7 Å². The minimum atomic E-state index is -0.848. The average molecular weight is 304 g/mol. The lowest BCUT2D eigenvalue weighted by Gasteiger charge is -2.09. The molecule has 0 aliphatic heterocycles. The number of hydrogen-bond donors (Lipinski definition) is 1. The number of nitrogens with zero attached hydrogens (tertiary/aromatic N) is 4. The third-order valence-electron chi connectivity index (χ3n) is 3.33. The number of carboxylic acid groups (broad SMARTS) is 1. The average Bonchev–Trinajstić information content (AvgIpc) is 3.22. The van der Waals surface area contributed by atoms with Crippen molar-refractivity contribution in [3.63, 3.8) is 0 Å². The predicted octanol–water partition coefficient (Wildman–Crippen LogP) is 2.08. The first-order chi connectivity index (χ1) is 10.1. The van der Waals surface area contributed by atoms with Crippen LogP contribution in [0.25, 0.3) is 0 Å². The minimum Gasteiger partial charge on any atom is -0.481 e. The van der Waals surface area contributed by atoms with Crippen molar-refractivity contribution in [2.24, 2.45) is 0 Å². The van der Waals surface area contributed by atoms with E-state index in [0.29, 0.717) is 17.6 Å². The molecule has 2 aromatic heterocycles. The maximum Gasteiger partial charge on any atom is 0.313 e. The molecule has 1 aliphatic rings. The lowest BCUT2D eigenvalue weighted by atomic mass is 10.2. The smallest absolute Gasteiger partial charge is 0.313 e. The van der Waals surface area contributed by atoms with Crippen LogP contribution in [0, 0.1) is 6.92 Å². The second kappa shape index (κ2) is 5.85. The number of aryl methyl sites for hydroxylation is 1. The van der Waals surface area contributed by atoms with Crippen LogP contribution in [0.1, 0.15) is 35.8 Å². The van der Waals surface area contributed by atoms with Gasteiger partial charge in [0.15, 0.2) is 5.16 Å². The van der Waals surface area contributed by atoms with Gasteiger partial charge in [0.1, 0.15) is 5.82 Å². The highest BCUT2D eigenvalue weighted by Gasteiger charge is 2.30. The molecule has 0 saturated heterocycles. The van der Waals surface area contributed by atoms with E-state index in [1.807, 2.05) is 29.8 Å². The van der Waals surface area contributed by atoms with Gasteiger partial charge < -0.3 is 9.67 Å². The van der Waals surface area contributed by atoms with E-state index >= 15 is 0 Å². The molecule has 21 heavy (non-hydrogen) atoms. The summed E-state index contributed by atoms with van der Waals surface area (Å²) in [6.45, 7) is 2.58. The standard InChI is InChI=1S/C14H16N4O2S/c1-9-2-3-10(6-15-9)7-18-13(11-4-5-11)16-17-14(18)21-8-12(19)20/h2-3,6,11H,4-5,7-8H2,1H3,(H,19,20). The molecule has 1 fully saturated rings. The van der Waals surface area contributed by atoms with E-state index in [2.05, 4.69) is 15.2 Å². The molecule has 1 N–H and O–H groups in total. The monoisotopic (exact) mass is 304 g/mol. The van der Waals surface area contributed by atoms with Crippen molar-refractivity contribution in [2.45, 2.75) is 37.4 Å². The summed E-state index contributed by atoms with van der Waals surface area (Å²) in [4.78, 5) is 15.0. The molecule has 0 aromatic carbocycles. The van der Waals surface area contributed by atoms with Crippen LogP contribution in [0.2, 0.25) is 0 Å². The van der Waals surface area contributed by atoms with Gasteiger partial charge in [0.2, 0.25) is 0 Å². The molecule has 6 nitrogen and oxygen atoms in total. The molecule has 0 amide bonds. The fourth-order valence-electron chi connectivity index (χ4n) is 2.10. The Morgan fingerprint density at radius 2 is 2.24 bits per heavy atom. The topological polar surface area (TPSA) is 80.9 Å². The van der Waals surface area contributed by atoms with Gasteiger partial charge in [0, 0.05) is 17.8 Å². The van der Waals surface area contributed by atoms with E-state index < -0.39 is 5.97 Å². The summed E-state index contributed by atoms with van der Waals surface area (Å²) in [6, 6.07) is 4.01. The number of hydrogen-bond acceptors (Lipinski definition) is 5. The lowest BCUT2D eigenvalue weighted by Crippen LogP contribution is -2.08. The van der Waals surface area contributed by atoms with E-state index in [0.717, 1.165) is 29.9 Å². The Balaban J connectivity index is 1.84. The minimum absolute atomic E-state index is 0.00501. The van der Waals surface area contributed by atoms with E-state index in [4.69, 9.17) is 5.11 Å². The normalized spacial score (nSPS) is 14.3. The van der Waals surface area contributed by atoms with E-state index in [9.17, 15) is 4.79 Å². The van der Waals surface area contributed by atoms with Gasteiger partial charge in [-0.1, -0.05) is 17.8 Å². The van der Waals surface area contributed by atoms with Crippen LogP contribution in [0.3, 0.4) is 0 Å². The maximum atomic E-state index is 10.7. The molecule has 0 unspecified atom stereocenters. The Hall–Kier alpha value is -1.89. The maximum absolute atomic E-state index is 10.7. The van der Waals surface area contributed by atoms with Crippen LogP contribution in [0.4, 0.5) is 0 Å². The van der Waals surface area contributed by atoms with E-state index in [1.54, 1.807) is 0 Å². The van der Waals surface area contributed by atoms with Gasteiger partial charge in [-0.15, -0.1) is 10.2 Å². The molecule has 1 saturated carbocycles. The quantitative estimate of drug-likeness (QED) is 0.823. The highest BCUT2D eigenvalue weighted by atomic mass is 32.2. The highest BCUT2D eigenvalue weighted by Crippen LogP contribution is 2.40. The summed E-state index contributed by atoms with van der Waals surface area (Å²) >= 11 is 1.21. The Bertz CT molecular complexity index is 649. The van der Waals surface area contributed by atoms with Crippen LogP contribution in [-0.2, 0) is 11.3 Å². The summed E-state index contributed by atoms with van der Waals surface area (Å²) in [6.07, 6.45) is 4.11. The van der Waals surface area contributed by atoms with Crippen molar-refractivity contribution in [3.05, 3.63) is 35.4 Å². The van der Waals surface area contributed by atoms with Crippen molar-refractivity contribution in [1.29, 1.82) is 0 Å². The zero-order valence-electron chi connectivity index (χ0n) is 11.7. The molecule has 0 radical (unpaired) electrons. The zero-order chi connectivity index (χ0) is 14.8. The molecule has 7 heteroatoms. The van der Waals surface area contributed by atoms with E-state index in [-0.39, 0.29) is 5.75 Å². The lowest BCUT2D eigenvalue weighted by molar-refractivity contribution is -0.133. The molecular weight excluding hydrogens is 288 g/mol. The Morgan fingerprint density at radius 1 is 1.43 bits per heavy atom. The van der Waals surface area contributed by atoms with Crippen LogP contribution in [0.15, 0.2) is 23.5 Å². The first-order valence-corrected chi connectivity index (χ1v) is 7.81. The molecule has 1 aliphatic carbocycles. The second-order valence-corrected chi connectivity index (χ2v) is 6.13. The van der Waals surface area contributed by atoms with Crippen molar-refractivity contribution in [1.82, 2.24) is 19.7 Å². The van der Waals surface area contributed by atoms with Crippen molar-refractivity contribution in [3.8, 4) is 0 Å². The third kappa shape index (κ3) is 3.41. The number of aromatic nitrogens is 4. The van der Waals surface area contributed by atoms with Gasteiger partial charge in [-0.3, -0.25) is 9.78 Å². The highest BCUT2D eigenvalue weighted by molar-refractivity contribution is 7.99. The molecule has 2 heterocycles. The van der Waals surface area contributed by atoms with Gasteiger partial charge in [-0.25, -0.2) is 0 Å². The van der Waals surface area contributed by atoms with Crippen LogP contribution in [-0.4, -0.2) is 36.6 Å². The summed E-state index contributed by atoms with van der Waals surface area (Å²) in [5.74, 6) is 0.577. The number of rotatable bonds is 6. The summed E-state index contributed by atoms with van der Waals surface area (Å²) in [5, 5.41) is 17.9. The third-order valence-corrected chi connectivity index (χ3v) is 4.28. The summed E-state index contributed by atoms with van der Waals surface area (Å²) < 4.78 is 2.03. The Morgan fingerprint density at radius 3 is 2.86 bits per heavy atom. The van der Waals surface area contributed by atoms with Gasteiger partial charge >= 0.3 is 5.97 Å². The zero-order valence-corrected chi connectivity index (χ0v) is 12.5. The van der Waals surface area contributed by atoms with Gasteiger partial charge in [-0.05, 0) is 31.4 Å². The Kier molecular flexibility index (Phi) is 3.92. The van der Waals surface area contributed by atoms with Gasteiger partial charge in [-0.2, -0.15) is 0 Å². The van der Waals surface area contributed by atoms with Crippen LogP contribution in [0.5, 0.6) is 0 Å². The molecule has 2 aromatic rings. The SMILES string of the molecule is Cc1ccc(Cn2c(SCC(=O)O)nnc2C2CC2)cn1. The molecular formula is C14H16N4O2S. The molecule has 3 rings (SSSR count). The van der Waals surface area contributed by atoms with Crippen LogP contribution >= 0.6 is 11.8 Å². The molecule has 0 atom stereocenters. The summed E-state index contributed by atoms with van der Waals surface area (Å²) in [7, 11) is 0. The first kappa shape index (κ1) is 14.1. The molecule has 0 spiro atoms. The fourth-order valence-corrected chi connectivity index (χ4v) is 2.76. The largest absolute Gasteiger partial charge is 0.481 e. The first-order valence-electron chi connectivity index (χ1n) is 6.82. The molecule has 0 bridgehead atoms. The van der Waals surface area contributed by atoms with Gasteiger partial charge in [0.25, 0.3) is 0 Å². The van der Waals surface area contributed by atoms with Crippen LogP contribution < -0.4 is 0 Å². The Labute approximate surface area is 126 Å². The number of aliphatic carboxylic acids is 1. The van der Waals surface area contributed by atoms with Crippen molar-refractivity contribution < 1.29 is 9.90 Å².